The first-order chi connectivity index (χ1) is 9.10. The van der Waals surface area contributed by atoms with Crippen LogP contribution in [-0.2, 0) is 0 Å². The molecule has 0 heterocycles. The number of methoxy groups -OCH3 is 1. The number of rotatable bonds is 7. The lowest BCUT2D eigenvalue weighted by molar-refractivity contribution is -0.384. The predicted octanol–water partition coefficient (Wildman–Crippen LogP) is 2.11. The minimum atomic E-state index is -0.413. The van der Waals surface area contributed by atoms with Crippen LogP contribution in [0.5, 0.6) is 5.75 Å². The molecule has 0 aliphatic heterocycles. The summed E-state index contributed by atoms with van der Waals surface area (Å²) in [6, 6.07) is 5.44. The third-order valence-corrected chi connectivity index (χ3v) is 3.30. The number of hydrogen-bond acceptors (Lipinski definition) is 5. The van der Waals surface area contributed by atoms with Gasteiger partial charge in [0.25, 0.3) is 5.69 Å². The van der Waals surface area contributed by atoms with Gasteiger partial charge in [-0.25, -0.2) is 0 Å². The van der Waals surface area contributed by atoms with E-state index >= 15 is 0 Å². The standard InChI is InChI=1S/C13H19N3O3/c1-15(11-3-4-11)6-5-14-10-7-12(16(17)18)9-13(8-10)19-2/h7-9,11,14H,3-6H2,1-2H3. The molecule has 19 heavy (non-hydrogen) atoms. The molecule has 0 saturated heterocycles. The van der Waals surface area contributed by atoms with Crippen molar-refractivity contribution in [2.24, 2.45) is 0 Å². The van der Waals surface area contributed by atoms with Crippen LogP contribution in [0.25, 0.3) is 0 Å². The Morgan fingerprint density at radius 3 is 2.79 bits per heavy atom. The van der Waals surface area contributed by atoms with Gasteiger partial charge in [0.05, 0.1) is 18.1 Å². The van der Waals surface area contributed by atoms with Gasteiger partial charge in [-0.2, -0.15) is 0 Å². The quantitative estimate of drug-likeness (QED) is 0.604. The number of ether oxygens (including phenoxy) is 1. The Balaban J connectivity index is 1.94. The minimum absolute atomic E-state index is 0.0393. The van der Waals surface area contributed by atoms with Crippen molar-refractivity contribution < 1.29 is 9.66 Å². The van der Waals surface area contributed by atoms with Crippen LogP contribution >= 0.6 is 0 Å². The molecular weight excluding hydrogens is 246 g/mol. The van der Waals surface area contributed by atoms with Gasteiger partial charge in [-0.05, 0) is 19.9 Å². The molecule has 6 nitrogen and oxygen atoms in total. The van der Waals surface area contributed by atoms with E-state index in [0.717, 1.165) is 24.8 Å². The van der Waals surface area contributed by atoms with Gasteiger partial charge in [0.2, 0.25) is 0 Å². The number of nitrogens with one attached hydrogen (secondary N) is 1. The zero-order chi connectivity index (χ0) is 13.8. The fraction of sp³-hybridized carbons (Fsp3) is 0.538. The van der Waals surface area contributed by atoms with E-state index in [2.05, 4.69) is 17.3 Å². The molecule has 1 aromatic carbocycles. The van der Waals surface area contributed by atoms with Gasteiger partial charge in [-0.1, -0.05) is 0 Å². The van der Waals surface area contributed by atoms with Gasteiger partial charge in [-0.15, -0.1) is 0 Å². The second kappa shape index (κ2) is 5.88. The highest BCUT2D eigenvalue weighted by molar-refractivity contribution is 5.56. The zero-order valence-corrected chi connectivity index (χ0v) is 11.3. The van der Waals surface area contributed by atoms with Crippen LogP contribution < -0.4 is 10.1 Å². The summed E-state index contributed by atoms with van der Waals surface area (Å²) in [6.45, 7) is 1.69. The van der Waals surface area contributed by atoms with Crippen LogP contribution in [-0.4, -0.2) is 43.1 Å². The summed E-state index contributed by atoms with van der Waals surface area (Å²) in [7, 11) is 3.61. The third-order valence-electron chi connectivity index (χ3n) is 3.30. The first kappa shape index (κ1) is 13.6. The lowest BCUT2D eigenvalue weighted by Crippen LogP contribution is -2.27. The fourth-order valence-electron chi connectivity index (χ4n) is 1.98. The number of anilines is 1. The molecule has 0 atom stereocenters. The summed E-state index contributed by atoms with van der Waals surface area (Å²) < 4.78 is 5.07. The SMILES string of the molecule is COc1cc(NCCN(C)C2CC2)cc([N+](=O)[O-])c1. The molecule has 104 valence electrons. The maximum Gasteiger partial charge on any atom is 0.275 e. The largest absolute Gasteiger partial charge is 0.496 e. The summed E-state index contributed by atoms with van der Waals surface area (Å²) in [5.74, 6) is 0.493. The summed E-state index contributed by atoms with van der Waals surface area (Å²) in [5.41, 5.74) is 0.757. The van der Waals surface area contributed by atoms with E-state index in [4.69, 9.17) is 4.74 Å². The smallest absolute Gasteiger partial charge is 0.275 e. The maximum atomic E-state index is 10.8. The molecular formula is C13H19N3O3. The van der Waals surface area contributed by atoms with E-state index in [1.54, 1.807) is 6.07 Å². The third kappa shape index (κ3) is 3.82. The average Bonchev–Trinajstić information content (AvgIpc) is 3.22. The highest BCUT2D eigenvalue weighted by Crippen LogP contribution is 2.26. The van der Waals surface area contributed by atoms with Crippen molar-refractivity contribution in [1.82, 2.24) is 4.90 Å². The van der Waals surface area contributed by atoms with Crippen LogP contribution in [0.4, 0.5) is 11.4 Å². The first-order valence-corrected chi connectivity index (χ1v) is 6.37. The van der Waals surface area contributed by atoms with Gasteiger partial charge in [0, 0.05) is 37.0 Å². The molecule has 2 rings (SSSR count). The average molecular weight is 265 g/mol. The molecule has 1 aromatic rings. The van der Waals surface area contributed by atoms with Crippen LogP contribution in [0, 0.1) is 10.1 Å². The molecule has 0 aromatic heterocycles. The Morgan fingerprint density at radius 1 is 1.47 bits per heavy atom. The van der Waals surface area contributed by atoms with Crippen LogP contribution in [0.1, 0.15) is 12.8 Å². The molecule has 0 unspecified atom stereocenters. The molecule has 1 saturated carbocycles. The minimum Gasteiger partial charge on any atom is -0.496 e. The van der Waals surface area contributed by atoms with Crippen molar-refractivity contribution in [3.63, 3.8) is 0 Å². The highest BCUT2D eigenvalue weighted by Gasteiger charge is 2.25. The number of nitro groups is 1. The Hall–Kier alpha value is -1.82. The van der Waals surface area contributed by atoms with Gasteiger partial charge in [0.1, 0.15) is 5.75 Å². The molecule has 0 radical (unpaired) electrons. The van der Waals surface area contributed by atoms with E-state index in [9.17, 15) is 10.1 Å². The molecule has 1 aliphatic rings. The maximum absolute atomic E-state index is 10.8. The lowest BCUT2D eigenvalue weighted by Gasteiger charge is -2.16. The lowest BCUT2D eigenvalue weighted by atomic mass is 10.2. The number of hydrogen-bond donors (Lipinski definition) is 1. The zero-order valence-electron chi connectivity index (χ0n) is 11.3. The second-order valence-corrected chi connectivity index (χ2v) is 4.82. The van der Waals surface area contributed by atoms with Crippen LogP contribution in [0.2, 0.25) is 0 Å². The summed E-state index contributed by atoms with van der Waals surface area (Å²) in [4.78, 5) is 12.7. The normalized spacial score (nSPS) is 14.5. The molecule has 1 fully saturated rings. The summed E-state index contributed by atoms with van der Waals surface area (Å²) >= 11 is 0. The van der Waals surface area contributed by atoms with Crippen LogP contribution in [0.3, 0.4) is 0 Å². The highest BCUT2D eigenvalue weighted by atomic mass is 16.6. The Kier molecular flexibility index (Phi) is 4.21. The van der Waals surface area contributed by atoms with E-state index in [0.29, 0.717) is 5.75 Å². The molecule has 0 spiro atoms. The van der Waals surface area contributed by atoms with Crippen molar-refractivity contribution in [3.05, 3.63) is 28.3 Å². The van der Waals surface area contributed by atoms with Gasteiger partial charge < -0.3 is 15.0 Å². The van der Waals surface area contributed by atoms with Crippen molar-refractivity contribution in [1.29, 1.82) is 0 Å². The Bertz CT molecular complexity index is 460. The van der Waals surface area contributed by atoms with E-state index < -0.39 is 4.92 Å². The number of nitrogens with zero attached hydrogens (tertiary/aromatic N) is 2. The number of likely N-dealkylation sites (N-methyl/N-ethyl adjacent to an activating group) is 1. The van der Waals surface area contributed by atoms with Crippen molar-refractivity contribution >= 4 is 11.4 Å². The van der Waals surface area contributed by atoms with Gasteiger partial charge >= 0.3 is 0 Å². The first-order valence-electron chi connectivity index (χ1n) is 6.37. The molecule has 0 amide bonds. The number of non-ortho nitro benzene ring substituents is 1. The topological polar surface area (TPSA) is 67.6 Å². The van der Waals surface area contributed by atoms with E-state index in [-0.39, 0.29) is 5.69 Å². The van der Waals surface area contributed by atoms with Crippen molar-refractivity contribution in [3.8, 4) is 5.75 Å². The predicted molar refractivity (Wildman–Crippen MR) is 73.8 cm³/mol. The molecule has 1 N–H and O–H groups in total. The monoisotopic (exact) mass is 265 g/mol. The second-order valence-electron chi connectivity index (χ2n) is 4.82. The van der Waals surface area contributed by atoms with Gasteiger partial charge in [0.15, 0.2) is 0 Å². The Labute approximate surface area is 112 Å². The van der Waals surface area contributed by atoms with E-state index in [1.165, 1.54) is 32.1 Å². The van der Waals surface area contributed by atoms with Crippen LogP contribution in [0.15, 0.2) is 18.2 Å². The molecule has 6 heteroatoms. The number of benzene rings is 1. The number of nitro benzene ring substituents is 1. The van der Waals surface area contributed by atoms with Crippen molar-refractivity contribution in [2.45, 2.75) is 18.9 Å². The van der Waals surface area contributed by atoms with E-state index in [1.807, 2.05) is 0 Å². The summed E-state index contributed by atoms with van der Waals surface area (Å²) in [6.07, 6.45) is 2.56. The fourth-order valence-corrected chi connectivity index (χ4v) is 1.98. The summed E-state index contributed by atoms with van der Waals surface area (Å²) in [5, 5.41) is 14.0. The molecule has 0 bridgehead atoms. The molecule has 1 aliphatic carbocycles. The van der Waals surface area contributed by atoms with Gasteiger partial charge in [-0.3, -0.25) is 10.1 Å². The van der Waals surface area contributed by atoms with Crippen molar-refractivity contribution in [2.75, 3.05) is 32.6 Å². The Morgan fingerprint density at radius 2 is 2.21 bits per heavy atom.